The van der Waals surface area contributed by atoms with Crippen molar-refractivity contribution in [2.45, 2.75) is 149 Å². The molecule has 0 spiro atoms. The Hall–Kier alpha value is -0.860. The third-order valence-corrected chi connectivity index (χ3v) is 5.66. The van der Waals surface area contributed by atoms with Gasteiger partial charge in [0.05, 0.1) is 6.61 Å². The molecule has 0 bridgehead atoms. The molecule has 0 aliphatic heterocycles. The smallest absolute Gasteiger partial charge is 0.313 e. The van der Waals surface area contributed by atoms with Gasteiger partial charge < -0.3 is 4.74 Å². The number of hydrogen-bond acceptors (Lipinski definition) is 3. The van der Waals surface area contributed by atoms with Gasteiger partial charge in [0, 0.05) is 6.42 Å². The molecule has 0 aromatic carbocycles. The summed E-state index contributed by atoms with van der Waals surface area (Å²) in [4.78, 5) is 23.6. The van der Waals surface area contributed by atoms with Gasteiger partial charge in [-0.2, -0.15) is 0 Å². The van der Waals surface area contributed by atoms with Gasteiger partial charge in [-0.3, -0.25) is 9.59 Å². The van der Waals surface area contributed by atoms with Crippen LogP contribution in [0.4, 0.5) is 0 Å². The molecule has 0 heterocycles. The minimum absolute atomic E-state index is 0.0332. The van der Waals surface area contributed by atoms with Gasteiger partial charge in [0.2, 0.25) is 0 Å². The Morgan fingerprint density at radius 3 is 1.34 bits per heavy atom. The lowest BCUT2D eigenvalue weighted by Crippen LogP contribution is -2.12. The van der Waals surface area contributed by atoms with E-state index >= 15 is 0 Å². The first kappa shape index (κ1) is 28.1. The summed E-state index contributed by atoms with van der Waals surface area (Å²) in [5.41, 5.74) is 0. The predicted molar refractivity (Wildman–Crippen MR) is 124 cm³/mol. The van der Waals surface area contributed by atoms with Gasteiger partial charge >= 0.3 is 5.97 Å². The topological polar surface area (TPSA) is 43.4 Å². The highest BCUT2D eigenvalue weighted by atomic mass is 16.5. The van der Waals surface area contributed by atoms with Crippen molar-refractivity contribution in [2.75, 3.05) is 6.61 Å². The van der Waals surface area contributed by atoms with Crippen molar-refractivity contribution < 1.29 is 14.3 Å². The van der Waals surface area contributed by atoms with Gasteiger partial charge in [-0.15, -0.1) is 0 Å². The van der Waals surface area contributed by atoms with E-state index in [1.807, 2.05) is 0 Å². The normalized spacial score (nSPS) is 11.0. The fourth-order valence-electron chi connectivity index (χ4n) is 3.71. The van der Waals surface area contributed by atoms with Crippen LogP contribution in [0.15, 0.2) is 0 Å². The molecule has 0 amide bonds. The molecule has 0 radical (unpaired) electrons. The van der Waals surface area contributed by atoms with E-state index in [1.165, 1.54) is 96.3 Å². The average molecular weight is 411 g/mol. The Kier molecular flexibility index (Phi) is 22.7. The van der Waals surface area contributed by atoms with E-state index in [0.717, 1.165) is 25.7 Å². The van der Waals surface area contributed by atoms with Crippen LogP contribution < -0.4 is 0 Å². The van der Waals surface area contributed by atoms with Crippen molar-refractivity contribution in [2.24, 2.45) is 0 Å². The second kappa shape index (κ2) is 23.4. The maximum atomic E-state index is 11.8. The van der Waals surface area contributed by atoms with E-state index in [0.29, 0.717) is 13.0 Å². The molecule has 3 nitrogen and oxygen atoms in total. The summed E-state index contributed by atoms with van der Waals surface area (Å²) in [6.45, 7) is 4.96. The molecule has 0 saturated heterocycles. The molecule has 172 valence electrons. The molecule has 29 heavy (non-hydrogen) atoms. The quantitative estimate of drug-likeness (QED) is 0.0965. The van der Waals surface area contributed by atoms with E-state index in [-0.39, 0.29) is 18.2 Å². The summed E-state index contributed by atoms with van der Waals surface area (Å²) in [6, 6.07) is 0. The molecule has 0 aromatic heterocycles. The van der Waals surface area contributed by atoms with Crippen LogP contribution in [0.2, 0.25) is 0 Å². The molecule has 0 rings (SSSR count). The summed E-state index contributed by atoms with van der Waals surface area (Å²) < 4.78 is 5.22. The van der Waals surface area contributed by atoms with Gasteiger partial charge in [0.15, 0.2) is 0 Å². The monoisotopic (exact) mass is 410 g/mol. The summed E-state index contributed by atoms with van der Waals surface area (Å²) in [6.07, 6.45) is 24.4. The minimum atomic E-state index is -0.332. The first-order valence-electron chi connectivity index (χ1n) is 12.9. The first-order chi connectivity index (χ1) is 14.2. The van der Waals surface area contributed by atoms with Crippen LogP contribution in [-0.4, -0.2) is 18.4 Å². The molecular weight excluding hydrogens is 360 g/mol. The van der Waals surface area contributed by atoms with Crippen molar-refractivity contribution in [1.82, 2.24) is 0 Å². The largest absolute Gasteiger partial charge is 0.465 e. The van der Waals surface area contributed by atoms with Crippen molar-refractivity contribution >= 4 is 11.8 Å². The Balaban J connectivity index is 3.31. The van der Waals surface area contributed by atoms with Crippen LogP contribution in [0.5, 0.6) is 0 Å². The Morgan fingerprint density at radius 1 is 0.517 bits per heavy atom. The van der Waals surface area contributed by atoms with E-state index in [9.17, 15) is 9.59 Å². The molecule has 0 N–H and O–H groups in total. The zero-order chi connectivity index (χ0) is 21.4. The van der Waals surface area contributed by atoms with E-state index in [1.54, 1.807) is 0 Å². The standard InChI is InChI=1S/C26H50O3/c1-3-5-7-9-11-13-14-15-17-19-21-23-29-26(28)24-25(27)22-20-18-16-12-10-8-6-4-2/h3-24H2,1-2H3. The lowest BCUT2D eigenvalue weighted by molar-refractivity contribution is -0.146. The lowest BCUT2D eigenvalue weighted by Gasteiger charge is -2.05. The molecule has 0 saturated carbocycles. The number of rotatable bonds is 23. The Labute approximate surface area is 181 Å². The van der Waals surface area contributed by atoms with E-state index < -0.39 is 0 Å². The number of ketones is 1. The van der Waals surface area contributed by atoms with Crippen molar-refractivity contribution in [1.29, 1.82) is 0 Å². The first-order valence-corrected chi connectivity index (χ1v) is 12.9. The zero-order valence-electron chi connectivity index (χ0n) is 19.8. The van der Waals surface area contributed by atoms with Crippen LogP contribution in [0.1, 0.15) is 149 Å². The zero-order valence-corrected chi connectivity index (χ0v) is 19.8. The van der Waals surface area contributed by atoms with E-state index in [4.69, 9.17) is 4.74 Å². The number of carbonyl (C=O) groups is 2. The van der Waals surface area contributed by atoms with Gasteiger partial charge in [-0.1, -0.05) is 123 Å². The molecule has 0 atom stereocenters. The summed E-state index contributed by atoms with van der Waals surface area (Å²) in [5, 5.41) is 0. The Bertz CT molecular complexity index is 365. The highest BCUT2D eigenvalue weighted by Gasteiger charge is 2.10. The van der Waals surface area contributed by atoms with Gasteiger partial charge in [-0.25, -0.2) is 0 Å². The van der Waals surface area contributed by atoms with E-state index in [2.05, 4.69) is 13.8 Å². The molecule has 3 heteroatoms. The molecule has 0 aliphatic rings. The Morgan fingerprint density at radius 2 is 0.897 bits per heavy atom. The van der Waals surface area contributed by atoms with Gasteiger partial charge in [-0.05, 0) is 12.8 Å². The molecule has 0 aromatic rings. The van der Waals surface area contributed by atoms with Gasteiger partial charge in [0.25, 0.3) is 0 Å². The number of Topliss-reactive ketones (excluding diaryl/α,β-unsaturated/α-hetero) is 1. The lowest BCUT2D eigenvalue weighted by atomic mass is 10.1. The molecular formula is C26H50O3. The van der Waals surface area contributed by atoms with Crippen molar-refractivity contribution in [3.05, 3.63) is 0 Å². The number of ether oxygens (including phenoxy) is 1. The molecule has 0 unspecified atom stereocenters. The number of unbranched alkanes of at least 4 members (excludes halogenated alkanes) is 17. The van der Waals surface area contributed by atoms with Crippen LogP contribution in [0.25, 0.3) is 0 Å². The summed E-state index contributed by atoms with van der Waals surface area (Å²) >= 11 is 0. The van der Waals surface area contributed by atoms with Crippen molar-refractivity contribution in [3.63, 3.8) is 0 Å². The van der Waals surface area contributed by atoms with Crippen LogP contribution >= 0.6 is 0 Å². The van der Waals surface area contributed by atoms with Crippen LogP contribution in [-0.2, 0) is 14.3 Å². The average Bonchev–Trinajstić information content (AvgIpc) is 2.70. The summed E-state index contributed by atoms with van der Waals surface area (Å²) in [5.74, 6) is -0.290. The fraction of sp³-hybridized carbons (Fsp3) is 0.923. The number of hydrogen-bond donors (Lipinski definition) is 0. The molecule has 0 aliphatic carbocycles. The maximum Gasteiger partial charge on any atom is 0.313 e. The van der Waals surface area contributed by atoms with Gasteiger partial charge in [0.1, 0.15) is 12.2 Å². The minimum Gasteiger partial charge on any atom is -0.465 e. The maximum absolute atomic E-state index is 11.8. The third kappa shape index (κ3) is 23.3. The second-order valence-electron chi connectivity index (χ2n) is 8.70. The van der Waals surface area contributed by atoms with Crippen LogP contribution in [0, 0.1) is 0 Å². The summed E-state index contributed by atoms with van der Waals surface area (Å²) in [7, 11) is 0. The SMILES string of the molecule is CCCCCCCCCCCCCOC(=O)CC(=O)CCCCCCCCCC. The van der Waals surface area contributed by atoms with Crippen LogP contribution in [0.3, 0.4) is 0 Å². The highest BCUT2D eigenvalue weighted by molar-refractivity contribution is 5.95. The third-order valence-electron chi connectivity index (χ3n) is 5.66. The highest BCUT2D eigenvalue weighted by Crippen LogP contribution is 2.12. The van der Waals surface area contributed by atoms with Crippen molar-refractivity contribution in [3.8, 4) is 0 Å². The fourth-order valence-corrected chi connectivity index (χ4v) is 3.71. The number of carbonyl (C=O) groups excluding carboxylic acids is 2. The molecule has 0 fully saturated rings. The second-order valence-corrected chi connectivity index (χ2v) is 8.70. The number of esters is 1. The predicted octanol–water partition coefficient (Wildman–Crippen LogP) is 8.33.